The summed E-state index contributed by atoms with van der Waals surface area (Å²) in [5.74, 6) is -1.07. The molecule has 2 aromatic rings. The van der Waals surface area contributed by atoms with Crippen molar-refractivity contribution >= 4 is 43.7 Å². The van der Waals surface area contributed by atoms with Gasteiger partial charge in [0.05, 0.1) is 5.56 Å². The lowest BCUT2D eigenvalue weighted by atomic mass is 10.1. The van der Waals surface area contributed by atoms with Gasteiger partial charge in [0, 0.05) is 9.75 Å². The number of anilines is 1. The van der Waals surface area contributed by atoms with Gasteiger partial charge in [0.25, 0.3) is 10.0 Å². The summed E-state index contributed by atoms with van der Waals surface area (Å²) in [7, 11) is -3.72. The van der Waals surface area contributed by atoms with E-state index in [1.807, 2.05) is 6.92 Å². The van der Waals surface area contributed by atoms with E-state index in [0.717, 1.165) is 28.2 Å². The van der Waals surface area contributed by atoms with Crippen LogP contribution in [0.2, 0.25) is 0 Å². The molecule has 0 spiro atoms. The molecule has 0 amide bonds. The summed E-state index contributed by atoms with van der Waals surface area (Å²) in [6.45, 7) is 1.83. The van der Waals surface area contributed by atoms with Crippen LogP contribution in [0.1, 0.15) is 32.1 Å². The SMILES string of the molecule is Cc1ccc(S(=O)(=O)Nc2sc3c(c2C(=O)O)CCC3)s1. The van der Waals surface area contributed by atoms with Crippen molar-refractivity contribution in [3.63, 3.8) is 0 Å². The second-order valence-electron chi connectivity index (χ2n) is 4.84. The Bertz CT molecular complexity index is 817. The topological polar surface area (TPSA) is 83.5 Å². The van der Waals surface area contributed by atoms with Crippen molar-refractivity contribution < 1.29 is 18.3 Å². The highest BCUT2D eigenvalue weighted by molar-refractivity contribution is 7.94. The van der Waals surface area contributed by atoms with Gasteiger partial charge in [-0.15, -0.1) is 22.7 Å². The largest absolute Gasteiger partial charge is 0.478 e. The molecule has 2 N–H and O–H groups in total. The molecule has 0 saturated carbocycles. The average Bonchev–Trinajstić information content (AvgIpc) is 3.03. The first-order chi connectivity index (χ1) is 9.88. The highest BCUT2D eigenvalue weighted by Gasteiger charge is 2.29. The number of thiophene rings is 2. The number of carboxylic acid groups (broad SMARTS) is 1. The van der Waals surface area contributed by atoms with Crippen molar-refractivity contribution in [1.82, 2.24) is 0 Å². The molecule has 3 rings (SSSR count). The Morgan fingerprint density at radius 2 is 2.05 bits per heavy atom. The number of carbonyl (C=O) groups is 1. The van der Waals surface area contributed by atoms with E-state index in [4.69, 9.17) is 0 Å². The van der Waals surface area contributed by atoms with E-state index < -0.39 is 16.0 Å². The van der Waals surface area contributed by atoms with E-state index in [0.29, 0.717) is 6.42 Å². The van der Waals surface area contributed by atoms with Gasteiger partial charge < -0.3 is 5.11 Å². The van der Waals surface area contributed by atoms with E-state index in [-0.39, 0.29) is 14.8 Å². The van der Waals surface area contributed by atoms with Crippen LogP contribution in [0.4, 0.5) is 5.00 Å². The molecule has 0 aliphatic heterocycles. The third kappa shape index (κ3) is 2.58. The van der Waals surface area contributed by atoms with Crippen LogP contribution < -0.4 is 4.72 Å². The van der Waals surface area contributed by atoms with Gasteiger partial charge in [-0.25, -0.2) is 13.2 Å². The van der Waals surface area contributed by atoms with Crippen molar-refractivity contribution in [2.24, 2.45) is 0 Å². The first-order valence-corrected chi connectivity index (χ1v) is 9.47. The first-order valence-electron chi connectivity index (χ1n) is 6.35. The van der Waals surface area contributed by atoms with E-state index in [2.05, 4.69) is 4.72 Å². The lowest BCUT2D eigenvalue weighted by Gasteiger charge is -2.06. The third-order valence-corrected chi connectivity index (χ3v) is 7.52. The minimum absolute atomic E-state index is 0.115. The van der Waals surface area contributed by atoms with Crippen LogP contribution in [0.15, 0.2) is 16.3 Å². The standard InChI is InChI=1S/C13H13NO4S3/c1-7-5-6-10(19-7)21(17,18)14-12-11(13(15)16)8-3-2-4-9(8)20-12/h5-6,14H,2-4H2,1H3,(H,15,16). The maximum Gasteiger partial charge on any atom is 0.339 e. The monoisotopic (exact) mass is 343 g/mol. The van der Waals surface area contributed by atoms with Crippen molar-refractivity contribution in [3.05, 3.63) is 33.0 Å². The van der Waals surface area contributed by atoms with Crippen LogP contribution in [-0.2, 0) is 22.9 Å². The number of fused-ring (bicyclic) bond motifs is 1. The van der Waals surface area contributed by atoms with Gasteiger partial charge in [-0.05, 0) is 43.9 Å². The Labute approximate surface area is 130 Å². The van der Waals surface area contributed by atoms with Gasteiger partial charge >= 0.3 is 5.97 Å². The summed E-state index contributed by atoms with van der Waals surface area (Å²) >= 11 is 2.40. The molecular weight excluding hydrogens is 330 g/mol. The zero-order chi connectivity index (χ0) is 15.2. The predicted octanol–water partition coefficient (Wildman–Crippen LogP) is 3.11. The summed E-state index contributed by atoms with van der Waals surface area (Å²) in [5.41, 5.74) is 0.900. The van der Waals surface area contributed by atoms with Crippen molar-refractivity contribution in [1.29, 1.82) is 0 Å². The highest BCUT2D eigenvalue weighted by atomic mass is 32.2. The quantitative estimate of drug-likeness (QED) is 0.893. The highest BCUT2D eigenvalue weighted by Crippen LogP contribution is 2.40. The van der Waals surface area contributed by atoms with Crippen LogP contribution in [0.5, 0.6) is 0 Å². The summed E-state index contributed by atoms with van der Waals surface area (Å²) in [5, 5.41) is 9.59. The fourth-order valence-corrected chi connectivity index (χ4v) is 6.30. The van der Waals surface area contributed by atoms with E-state index in [9.17, 15) is 18.3 Å². The van der Waals surface area contributed by atoms with Gasteiger partial charge in [-0.1, -0.05) is 0 Å². The van der Waals surface area contributed by atoms with E-state index in [1.54, 1.807) is 6.07 Å². The Kier molecular flexibility index (Phi) is 3.54. The summed E-state index contributed by atoms with van der Waals surface area (Å²) in [6, 6.07) is 3.26. The number of carboxylic acids is 1. The van der Waals surface area contributed by atoms with Crippen molar-refractivity contribution in [2.45, 2.75) is 30.4 Å². The number of rotatable bonds is 4. The summed E-state index contributed by atoms with van der Waals surface area (Å²) in [4.78, 5) is 13.3. The molecule has 0 fully saturated rings. The molecule has 1 aliphatic carbocycles. The molecule has 2 aromatic heterocycles. The summed E-state index contributed by atoms with van der Waals surface area (Å²) < 4.78 is 27.3. The number of sulfonamides is 1. The van der Waals surface area contributed by atoms with Gasteiger partial charge in [-0.2, -0.15) is 0 Å². The molecular formula is C13H13NO4S3. The van der Waals surface area contributed by atoms with Crippen LogP contribution in [0, 0.1) is 6.92 Å². The lowest BCUT2D eigenvalue weighted by molar-refractivity contribution is 0.0697. The number of hydrogen-bond donors (Lipinski definition) is 2. The van der Waals surface area contributed by atoms with E-state index >= 15 is 0 Å². The molecule has 8 heteroatoms. The lowest BCUT2D eigenvalue weighted by Crippen LogP contribution is -2.13. The number of aryl methyl sites for hydroxylation is 2. The summed E-state index contributed by atoms with van der Waals surface area (Å²) in [6.07, 6.45) is 2.45. The molecule has 2 heterocycles. The van der Waals surface area contributed by atoms with Crippen molar-refractivity contribution in [2.75, 3.05) is 4.72 Å². The van der Waals surface area contributed by atoms with Crippen LogP contribution >= 0.6 is 22.7 Å². The maximum atomic E-state index is 12.3. The van der Waals surface area contributed by atoms with Crippen LogP contribution in [0.3, 0.4) is 0 Å². The fraction of sp³-hybridized carbons (Fsp3) is 0.308. The fourth-order valence-electron chi connectivity index (χ4n) is 2.43. The number of nitrogens with one attached hydrogen (secondary N) is 1. The molecule has 112 valence electrons. The zero-order valence-corrected chi connectivity index (χ0v) is 13.6. The third-order valence-electron chi connectivity index (χ3n) is 3.34. The molecule has 21 heavy (non-hydrogen) atoms. The smallest absolute Gasteiger partial charge is 0.339 e. The molecule has 0 unspecified atom stereocenters. The average molecular weight is 343 g/mol. The van der Waals surface area contributed by atoms with E-state index in [1.165, 1.54) is 28.7 Å². The predicted molar refractivity (Wildman–Crippen MR) is 83.2 cm³/mol. The molecule has 0 aromatic carbocycles. The molecule has 0 bridgehead atoms. The van der Waals surface area contributed by atoms with Gasteiger partial charge in [0.15, 0.2) is 0 Å². The van der Waals surface area contributed by atoms with Gasteiger partial charge in [0.1, 0.15) is 9.21 Å². The second kappa shape index (κ2) is 5.11. The molecule has 0 saturated heterocycles. The maximum absolute atomic E-state index is 12.3. The number of hydrogen-bond acceptors (Lipinski definition) is 5. The van der Waals surface area contributed by atoms with Gasteiger partial charge in [-0.3, -0.25) is 4.72 Å². The first kappa shape index (κ1) is 14.6. The minimum Gasteiger partial charge on any atom is -0.478 e. The Morgan fingerprint density at radius 3 is 2.67 bits per heavy atom. The van der Waals surface area contributed by atoms with Crippen LogP contribution in [0.25, 0.3) is 0 Å². The molecule has 0 atom stereocenters. The Morgan fingerprint density at radius 1 is 1.29 bits per heavy atom. The second-order valence-corrected chi connectivity index (χ2v) is 9.14. The molecule has 5 nitrogen and oxygen atoms in total. The zero-order valence-electron chi connectivity index (χ0n) is 11.2. The van der Waals surface area contributed by atoms with Gasteiger partial charge in [0.2, 0.25) is 0 Å². The van der Waals surface area contributed by atoms with Crippen molar-refractivity contribution in [3.8, 4) is 0 Å². The molecule has 1 aliphatic rings. The Balaban J connectivity index is 2.01. The minimum atomic E-state index is -3.72. The Hall–Kier alpha value is -1.38. The van der Waals surface area contributed by atoms with Crippen LogP contribution in [-0.4, -0.2) is 19.5 Å². The normalized spacial score (nSPS) is 14.1. The number of aromatic carboxylic acids is 1. The molecule has 0 radical (unpaired) electrons.